The van der Waals surface area contributed by atoms with Gasteiger partial charge < -0.3 is 10.3 Å². The molecule has 0 saturated heterocycles. The predicted octanol–water partition coefficient (Wildman–Crippen LogP) is 1.91. The van der Waals surface area contributed by atoms with Gasteiger partial charge in [0.2, 0.25) is 0 Å². The van der Waals surface area contributed by atoms with Gasteiger partial charge in [-0.15, -0.1) is 0 Å². The van der Waals surface area contributed by atoms with Gasteiger partial charge in [0, 0.05) is 30.0 Å². The highest BCUT2D eigenvalue weighted by Gasteiger charge is 2.01. The van der Waals surface area contributed by atoms with Crippen LogP contribution in [0.4, 0.5) is 5.69 Å². The van der Waals surface area contributed by atoms with E-state index in [0.717, 1.165) is 22.4 Å². The van der Waals surface area contributed by atoms with E-state index < -0.39 is 0 Å². The number of aromatic amines is 1. The molecule has 0 aliphatic rings. The highest BCUT2D eigenvalue weighted by molar-refractivity contribution is 5.89. The second-order valence-corrected chi connectivity index (χ2v) is 2.80. The van der Waals surface area contributed by atoms with Crippen LogP contribution in [0.1, 0.15) is 5.69 Å². The number of rotatable bonds is 1. The first-order valence-electron chi connectivity index (χ1n) is 3.94. The number of aryl methyl sites for hydroxylation is 1. The summed E-state index contributed by atoms with van der Waals surface area (Å²) >= 11 is 0. The van der Waals surface area contributed by atoms with Gasteiger partial charge in [0.05, 0.1) is 0 Å². The molecule has 62 valence electrons. The first-order valence-corrected chi connectivity index (χ1v) is 3.94. The Bertz CT molecular complexity index is 403. The molecule has 2 aromatic rings. The maximum atomic E-state index is 4.35. The molecule has 0 bridgehead atoms. The van der Waals surface area contributed by atoms with E-state index in [0.29, 0.717) is 0 Å². The van der Waals surface area contributed by atoms with Crippen molar-refractivity contribution in [2.75, 3.05) is 12.4 Å². The fourth-order valence-electron chi connectivity index (χ4n) is 1.37. The number of nitrogens with zero attached hydrogens (tertiary/aromatic N) is 1. The molecule has 0 atom stereocenters. The molecule has 0 spiro atoms. The Morgan fingerprint density at radius 2 is 2.33 bits per heavy atom. The Hall–Kier alpha value is -1.51. The topological polar surface area (TPSA) is 40.7 Å². The van der Waals surface area contributed by atoms with Crippen LogP contribution in [0, 0.1) is 6.92 Å². The standard InChI is InChI=1S/C9H11N3/c1-6-5-8(10-2)7-3-4-11-9(7)12-6/h3-5H,1-2H3,(H2,10,11,12). The zero-order chi connectivity index (χ0) is 8.55. The van der Waals surface area contributed by atoms with Gasteiger partial charge in [-0.1, -0.05) is 0 Å². The van der Waals surface area contributed by atoms with Crippen molar-refractivity contribution in [3.8, 4) is 0 Å². The number of anilines is 1. The fraction of sp³-hybridized carbons (Fsp3) is 0.222. The summed E-state index contributed by atoms with van der Waals surface area (Å²) in [5.74, 6) is 0. The van der Waals surface area contributed by atoms with E-state index in [1.807, 2.05) is 32.3 Å². The molecular formula is C9H11N3. The van der Waals surface area contributed by atoms with Crippen molar-refractivity contribution in [3.63, 3.8) is 0 Å². The summed E-state index contributed by atoms with van der Waals surface area (Å²) in [5, 5.41) is 4.28. The van der Waals surface area contributed by atoms with Gasteiger partial charge >= 0.3 is 0 Å². The Balaban J connectivity index is 2.80. The van der Waals surface area contributed by atoms with Crippen LogP contribution in [-0.2, 0) is 0 Å². The number of hydrogen-bond donors (Lipinski definition) is 2. The van der Waals surface area contributed by atoms with Crippen LogP contribution < -0.4 is 5.32 Å². The zero-order valence-electron chi connectivity index (χ0n) is 7.18. The van der Waals surface area contributed by atoms with Crippen molar-refractivity contribution in [2.24, 2.45) is 0 Å². The maximum Gasteiger partial charge on any atom is 0.139 e. The third-order valence-corrected chi connectivity index (χ3v) is 1.93. The molecule has 12 heavy (non-hydrogen) atoms. The number of pyridine rings is 1. The summed E-state index contributed by atoms with van der Waals surface area (Å²) < 4.78 is 0. The lowest BCUT2D eigenvalue weighted by Gasteiger charge is -2.02. The summed E-state index contributed by atoms with van der Waals surface area (Å²) in [6.07, 6.45) is 1.90. The number of hydrogen-bond acceptors (Lipinski definition) is 2. The summed E-state index contributed by atoms with van der Waals surface area (Å²) in [6.45, 7) is 1.99. The Kier molecular flexibility index (Phi) is 1.50. The quantitative estimate of drug-likeness (QED) is 0.670. The number of aromatic nitrogens is 2. The van der Waals surface area contributed by atoms with Crippen LogP contribution in [0.2, 0.25) is 0 Å². The highest BCUT2D eigenvalue weighted by atomic mass is 14.9. The normalized spacial score (nSPS) is 10.5. The second-order valence-electron chi connectivity index (χ2n) is 2.80. The van der Waals surface area contributed by atoms with Gasteiger partial charge in [-0.25, -0.2) is 4.98 Å². The lowest BCUT2D eigenvalue weighted by molar-refractivity contribution is 1.22. The minimum Gasteiger partial charge on any atom is -0.387 e. The fourth-order valence-corrected chi connectivity index (χ4v) is 1.37. The number of H-pyrrole nitrogens is 1. The molecule has 0 saturated carbocycles. The van der Waals surface area contributed by atoms with E-state index in [4.69, 9.17) is 0 Å². The first kappa shape index (κ1) is 7.16. The molecule has 0 aliphatic heterocycles. The van der Waals surface area contributed by atoms with Crippen LogP contribution in [0.3, 0.4) is 0 Å². The highest BCUT2D eigenvalue weighted by Crippen LogP contribution is 2.20. The van der Waals surface area contributed by atoms with Crippen molar-refractivity contribution >= 4 is 16.7 Å². The van der Waals surface area contributed by atoms with Gasteiger partial charge in [-0.3, -0.25) is 0 Å². The van der Waals surface area contributed by atoms with Gasteiger partial charge in [-0.2, -0.15) is 0 Å². The van der Waals surface area contributed by atoms with E-state index in [2.05, 4.69) is 15.3 Å². The molecule has 0 aliphatic carbocycles. The van der Waals surface area contributed by atoms with Gasteiger partial charge in [0.25, 0.3) is 0 Å². The molecule has 0 radical (unpaired) electrons. The Morgan fingerprint density at radius 3 is 3.08 bits per heavy atom. The molecule has 0 aromatic carbocycles. The molecule has 0 amide bonds. The largest absolute Gasteiger partial charge is 0.387 e. The summed E-state index contributed by atoms with van der Waals surface area (Å²) in [6, 6.07) is 4.06. The molecule has 2 heterocycles. The van der Waals surface area contributed by atoms with Crippen LogP contribution >= 0.6 is 0 Å². The third kappa shape index (κ3) is 0.942. The van der Waals surface area contributed by atoms with Crippen molar-refractivity contribution < 1.29 is 0 Å². The van der Waals surface area contributed by atoms with Crippen molar-refractivity contribution in [1.29, 1.82) is 0 Å². The SMILES string of the molecule is CNc1cc(C)nc2[nH]ccc12. The van der Waals surface area contributed by atoms with E-state index in [1.165, 1.54) is 0 Å². The van der Waals surface area contributed by atoms with Crippen molar-refractivity contribution in [2.45, 2.75) is 6.92 Å². The molecule has 2 aromatic heterocycles. The number of nitrogens with one attached hydrogen (secondary N) is 2. The average Bonchev–Trinajstić information content (AvgIpc) is 2.50. The van der Waals surface area contributed by atoms with Crippen LogP contribution in [0.15, 0.2) is 18.3 Å². The second kappa shape index (κ2) is 2.52. The average molecular weight is 161 g/mol. The Labute approximate surface area is 70.8 Å². The molecule has 2 N–H and O–H groups in total. The minimum absolute atomic E-state index is 0.944. The van der Waals surface area contributed by atoms with E-state index in [1.54, 1.807) is 0 Å². The van der Waals surface area contributed by atoms with Crippen molar-refractivity contribution in [1.82, 2.24) is 9.97 Å². The minimum atomic E-state index is 0.944. The summed E-state index contributed by atoms with van der Waals surface area (Å²) in [7, 11) is 1.92. The van der Waals surface area contributed by atoms with Gasteiger partial charge in [0.15, 0.2) is 0 Å². The predicted molar refractivity (Wildman–Crippen MR) is 50.4 cm³/mol. The maximum absolute atomic E-state index is 4.35. The lowest BCUT2D eigenvalue weighted by Crippen LogP contribution is -1.91. The van der Waals surface area contributed by atoms with Crippen molar-refractivity contribution in [3.05, 3.63) is 24.0 Å². The number of fused-ring (bicyclic) bond motifs is 1. The molecule has 3 nitrogen and oxygen atoms in total. The molecule has 2 rings (SSSR count). The molecular weight excluding hydrogens is 150 g/mol. The van der Waals surface area contributed by atoms with Crippen LogP contribution in [0.25, 0.3) is 11.0 Å². The van der Waals surface area contributed by atoms with Gasteiger partial charge in [-0.05, 0) is 19.1 Å². The zero-order valence-corrected chi connectivity index (χ0v) is 7.18. The first-order chi connectivity index (χ1) is 5.81. The Morgan fingerprint density at radius 1 is 1.50 bits per heavy atom. The monoisotopic (exact) mass is 161 g/mol. The van der Waals surface area contributed by atoms with E-state index in [-0.39, 0.29) is 0 Å². The lowest BCUT2D eigenvalue weighted by atomic mass is 10.2. The van der Waals surface area contributed by atoms with Crippen LogP contribution in [0.5, 0.6) is 0 Å². The molecule has 0 unspecified atom stereocenters. The molecule has 0 fully saturated rings. The van der Waals surface area contributed by atoms with E-state index in [9.17, 15) is 0 Å². The van der Waals surface area contributed by atoms with Gasteiger partial charge in [0.1, 0.15) is 5.65 Å². The summed E-state index contributed by atoms with van der Waals surface area (Å²) in [5.41, 5.74) is 3.09. The van der Waals surface area contributed by atoms with E-state index >= 15 is 0 Å². The smallest absolute Gasteiger partial charge is 0.139 e. The molecule has 3 heteroatoms. The third-order valence-electron chi connectivity index (χ3n) is 1.93. The van der Waals surface area contributed by atoms with Crippen LogP contribution in [-0.4, -0.2) is 17.0 Å². The summed E-state index contributed by atoms with van der Waals surface area (Å²) in [4.78, 5) is 7.43.